The fraction of sp³-hybridized carbons (Fsp3) is 0.158. The van der Waals surface area contributed by atoms with Crippen LogP contribution in [0.4, 0.5) is 10.3 Å². The molecular weight excluding hydrogens is 428 g/mol. The van der Waals surface area contributed by atoms with E-state index < -0.39 is 0 Å². The Bertz CT molecular complexity index is 1150. The molecule has 0 saturated carbocycles. The average Bonchev–Trinajstić information content (AvgIpc) is 3.42. The van der Waals surface area contributed by atoms with Crippen LogP contribution < -0.4 is 15.4 Å². The van der Waals surface area contributed by atoms with Crippen LogP contribution in [-0.2, 0) is 11.2 Å². The number of hydrogen-bond donors (Lipinski definition) is 2. The van der Waals surface area contributed by atoms with Gasteiger partial charge in [-0.3, -0.25) is 14.9 Å². The Labute approximate surface area is 178 Å². The van der Waals surface area contributed by atoms with Crippen molar-refractivity contribution in [1.29, 1.82) is 0 Å². The van der Waals surface area contributed by atoms with E-state index >= 15 is 0 Å². The number of thiophene rings is 1. The number of amides is 2. The SMILES string of the molecule is CCOc1ccc2nc(NC(=O)Cc3csc(NC(=O)c4cccs4)n3)sc2c1. The highest BCUT2D eigenvalue weighted by Crippen LogP contribution is 2.29. The van der Waals surface area contributed by atoms with Crippen LogP contribution in [0.1, 0.15) is 22.3 Å². The van der Waals surface area contributed by atoms with Gasteiger partial charge in [0.25, 0.3) is 5.91 Å². The summed E-state index contributed by atoms with van der Waals surface area (Å²) in [6.45, 7) is 2.53. The second-order valence-corrected chi connectivity index (χ2v) is 8.72. The maximum absolute atomic E-state index is 12.4. The van der Waals surface area contributed by atoms with Crippen LogP contribution in [0.15, 0.2) is 41.1 Å². The summed E-state index contributed by atoms with van der Waals surface area (Å²) in [5.41, 5.74) is 1.40. The number of benzene rings is 1. The van der Waals surface area contributed by atoms with Crippen LogP contribution in [0.5, 0.6) is 5.75 Å². The van der Waals surface area contributed by atoms with Gasteiger partial charge in [-0.15, -0.1) is 22.7 Å². The third-order valence-electron chi connectivity index (χ3n) is 3.78. The molecule has 3 aromatic heterocycles. The molecule has 0 saturated heterocycles. The average molecular weight is 445 g/mol. The smallest absolute Gasteiger partial charge is 0.267 e. The quantitative estimate of drug-likeness (QED) is 0.433. The van der Waals surface area contributed by atoms with Crippen molar-refractivity contribution in [3.8, 4) is 5.75 Å². The zero-order chi connectivity index (χ0) is 20.2. The van der Waals surface area contributed by atoms with Crippen molar-refractivity contribution in [3.63, 3.8) is 0 Å². The lowest BCUT2D eigenvalue weighted by atomic mass is 10.3. The summed E-state index contributed by atoms with van der Waals surface area (Å²) in [5.74, 6) is 0.364. The third-order valence-corrected chi connectivity index (χ3v) is 6.38. The molecule has 7 nitrogen and oxygen atoms in total. The molecule has 4 aromatic rings. The molecule has 2 amide bonds. The summed E-state index contributed by atoms with van der Waals surface area (Å²) in [6, 6.07) is 9.21. The first-order valence-electron chi connectivity index (χ1n) is 8.73. The number of hydrogen-bond acceptors (Lipinski definition) is 8. The number of ether oxygens (including phenoxy) is 1. The van der Waals surface area contributed by atoms with Gasteiger partial charge in [-0.25, -0.2) is 9.97 Å². The van der Waals surface area contributed by atoms with Gasteiger partial charge < -0.3 is 10.1 Å². The Balaban J connectivity index is 1.37. The number of carbonyl (C=O) groups is 2. The van der Waals surface area contributed by atoms with E-state index in [1.54, 1.807) is 11.4 Å². The molecule has 0 aliphatic rings. The molecule has 2 N–H and O–H groups in total. The monoisotopic (exact) mass is 444 g/mol. The number of fused-ring (bicyclic) bond motifs is 1. The van der Waals surface area contributed by atoms with Crippen molar-refractivity contribution >= 4 is 66.3 Å². The van der Waals surface area contributed by atoms with Gasteiger partial charge >= 0.3 is 0 Å². The fourth-order valence-electron chi connectivity index (χ4n) is 2.55. The van der Waals surface area contributed by atoms with Gasteiger partial charge in [0.1, 0.15) is 5.75 Å². The first kappa shape index (κ1) is 19.5. The van der Waals surface area contributed by atoms with Crippen molar-refractivity contribution in [2.24, 2.45) is 0 Å². The van der Waals surface area contributed by atoms with Gasteiger partial charge in [-0.05, 0) is 36.6 Å². The first-order valence-corrected chi connectivity index (χ1v) is 11.3. The predicted octanol–water partition coefficient (Wildman–Crippen LogP) is 4.65. The van der Waals surface area contributed by atoms with Crippen LogP contribution in [0.3, 0.4) is 0 Å². The lowest BCUT2D eigenvalue weighted by Crippen LogP contribution is -2.14. The molecule has 4 rings (SSSR count). The molecule has 0 aliphatic carbocycles. The normalized spacial score (nSPS) is 10.8. The molecule has 10 heteroatoms. The highest BCUT2D eigenvalue weighted by atomic mass is 32.1. The van der Waals surface area contributed by atoms with E-state index in [1.165, 1.54) is 34.0 Å². The summed E-state index contributed by atoms with van der Waals surface area (Å²) in [5, 5.41) is 10.2. The lowest BCUT2D eigenvalue weighted by molar-refractivity contribution is -0.115. The molecule has 0 fully saturated rings. The minimum absolute atomic E-state index is 0.103. The van der Waals surface area contributed by atoms with Gasteiger partial charge in [0.15, 0.2) is 10.3 Å². The fourth-order valence-corrected chi connectivity index (χ4v) is 4.79. The van der Waals surface area contributed by atoms with Gasteiger partial charge in [0.05, 0.1) is 33.8 Å². The van der Waals surface area contributed by atoms with E-state index in [2.05, 4.69) is 20.6 Å². The molecule has 1 aromatic carbocycles. The molecule has 0 spiro atoms. The highest BCUT2D eigenvalue weighted by molar-refractivity contribution is 7.22. The van der Waals surface area contributed by atoms with Crippen LogP contribution in [0.25, 0.3) is 10.2 Å². The molecule has 0 radical (unpaired) electrons. The Kier molecular flexibility index (Phi) is 5.84. The predicted molar refractivity (Wildman–Crippen MR) is 118 cm³/mol. The number of anilines is 2. The number of rotatable bonds is 7. The molecule has 0 unspecified atom stereocenters. The van der Waals surface area contributed by atoms with E-state index in [0.717, 1.165) is 16.0 Å². The van der Waals surface area contributed by atoms with E-state index in [1.807, 2.05) is 36.6 Å². The second kappa shape index (κ2) is 8.68. The number of nitrogens with one attached hydrogen (secondary N) is 2. The Morgan fingerprint density at radius 1 is 1.10 bits per heavy atom. The molecular formula is C19H16N4O3S3. The summed E-state index contributed by atoms with van der Waals surface area (Å²) >= 11 is 4.04. The maximum atomic E-state index is 12.4. The highest BCUT2D eigenvalue weighted by Gasteiger charge is 2.13. The van der Waals surface area contributed by atoms with Crippen LogP contribution in [0, 0.1) is 0 Å². The minimum Gasteiger partial charge on any atom is -0.494 e. The van der Waals surface area contributed by atoms with E-state index in [-0.39, 0.29) is 18.2 Å². The summed E-state index contributed by atoms with van der Waals surface area (Å²) < 4.78 is 6.43. The van der Waals surface area contributed by atoms with Gasteiger partial charge in [-0.1, -0.05) is 17.4 Å². The number of thiazole rings is 2. The number of nitrogens with zero attached hydrogens (tertiary/aromatic N) is 2. The van der Waals surface area contributed by atoms with Gasteiger partial charge in [0, 0.05) is 5.38 Å². The van der Waals surface area contributed by atoms with Crippen molar-refractivity contribution < 1.29 is 14.3 Å². The molecule has 29 heavy (non-hydrogen) atoms. The van der Waals surface area contributed by atoms with E-state index in [0.29, 0.717) is 27.4 Å². The zero-order valence-electron chi connectivity index (χ0n) is 15.3. The maximum Gasteiger partial charge on any atom is 0.267 e. The topological polar surface area (TPSA) is 93.2 Å². The summed E-state index contributed by atoms with van der Waals surface area (Å²) in [7, 11) is 0. The standard InChI is InChI=1S/C19H16N4O3S3/c1-2-26-12-5-6-13-15(9-12)29-19(21-13)22-16(24)8-11-10-28-18(20-11)23-17(25)14-4-3-7-27-14/h3-7,9-10H,2,8H2,1H3,(H,20,23,25)(H,21,22,24). The molecule has 0 bridgehead atoms. The van der Waals surface area contributed by atoms with Crippen molar-refractivity contribution in [3.05, 3.63) is 51.7 Å². The van der Waals surface area contributed by atoms with E-state index in [4.69, 9.17) is 4.74 Å². The Morgan fingerprint density at radius 3 is 2.79 bits per heavy atom. The Morgan fingerprint density at radius 2 is 2.00 bits per heavy atom. The molecule has 148 valence electrons. The zero-order valence-corrected chi connectivity index (χ0v) is 17.7. The Hall–Kier alpha value is -2.82. The van der Waals surface area contributed by atoms with Crippen molar-refractivity contribution in [2.75, 3.05) is 17.2 Å². The minimum atomic E-state index is -0.212. The largest absolute Gasteiger partial charge is 0.494 e. The molecule has 0 aliphatic heterocycles. The van der Waals surface area contributed by atoms with Gasteiger partial charge in [0.2, 0.25) is 5.91 Å². The first-order chi connectivity index (χ1) is 14.1. The van der Waals surface area contributed by atoms with Crippen LogP contribution in [0.2, 0.25) is 0 Å². The van der Waals surface area contributed by atoms with Crippen LogP contribution >= 0.6 is 34.0 Å². The molecule has 3 heterocycles. The number of aromatic nitrogens is 2. The molecule has 0 atom stereocenters. The summed E-state index contributed by atoms with van der Waals surface area (Å²) in [6.07, 6.45) is 0.103. The number of carbonyl (C=O) groups excluding carboxylic acids is 2. The summed E-state index contributed by atoms with van der Waals surface area (Å²) in [4.78, 5) is 33.8. The third kappa shape index (κ3) is 4.78. The lowest BCUT2D eigenvalue weighted by Gasteiger charge is -2.00. The second-order valence-electron chi connectivity index (χ2n) is 5.88. The van der Waals surface area contributed by atoms with E-state index in [9.17, 15) is 9.59 Å². The van der Waals surface area contributed by atoms with Gasteiger partial charge in [-0.2, -0.15) is 0 Å². The van der Waals surface area contributed by atoms with Crippen molar-refractivity contribution in [1.82, 2.24) is 9.97 Å². The van der Waals surface area contributed by atoms with Crippen LogP contribution in [-0.4, -0.2) is 28.4 Å². The van der Waals surface area contributed by atoms with Crippen molar-refractivity contribution in [2.45, 2.75) is 13.3 Å².